The van der Waals surface area contributed by atoms with Gasteiger partial charge in [-0.3, -0.25) is 4.79 Å². The first-order valence-corrected chi connectivity index (χ1v) is 8.09. The lowest BCUT2D eigenvalue weighted by atomic mass is 9.98. The van der Waals surface area contributed by atoms with Gasteiger partial charge in [-0.2, -0.15) is 0 Å². The third kappa shape index (κ3) is 3.54. The number of aryl methyl sites for hydroxylation is 1. The van der Waals surface area contributed by atoms with E-state index < -0.39 is 10.0 Å². The number of anilines is 1. The Bertz CT molecular complexity index is 596. The number of fused-ring (bicyclic) bond motifs is 1. The average Bonchev–Trinajstić information content (AvgIpc) is 2.32. The minimum absolute atomic E-state index is 0.138. The molecule has 0 atom stereocenters. The molecule has 0 spiro atoms. The number of nitrogens with zero attached hydrogens (tertiary/aromatic N) is 1. The van der Waals surface area contributed by atoms with Gasteiger partial charge in [0.05, 0.1) is 6.26 Å². The number of hydrogen-bond donors (Lipinski definition) is 1. The number of sulfonamides is 1. The predicted octanol–water partition coefficient (Wildman–Crippen LogP) is 0.687. The first kappa shape index (κ1) is 14.0. The van der Waals surface area contributed by atoms with Gasteiger partial charge < -0.3 is 4.90 Å². The fraction of sp³-hybridized carbons (Fsp3) is 0.462. The summed E-state index contributed by atoms with van der Waals surface area (Å²) >= 11 is 0. The van der Waals surface area contributed by atoms with Gasteiger partial charge in [0.1, 0.15) is 0 Å². The van der Waals surface area contributed by atoms with Crippen LogP contribution >= 0.6 is 0 Å². The van der Waals surface area contributed by atoms with Gasteiger partial charge in [0.25, 0.3) is 0 Å². The predicted molar refractivity (Wildman–Crippen MR) is 74.7 cm³/mol. The number of carbonyl (C=O) groups is 1. The van der Waals surface area contributed by atoms with E-state index in [4.69, 9.17) is 0 Å². The van der Waals surface area contributed by atoms with E-state index in [1.165, 1.54) is 0 Å². The van der Waals surface area contributed by atoms with Crippen molar-refractivity contribution < 1.29 is 13.2 Å². The minimum Gasteiger partial charge on any atom is -0.315 e. The Hall–Kier alpha value is -1.40. The van der Waals surface area contributed by atoms with Gasteiger partial charge in [0, 0.05) is 25.7 Å². The number of benzene rings is 1. The molecule has 0 bridgehead atoms. The molecule has 19 heavy (non-hydrogen) atoms. The first-order chi connectivity index (χ1) is 8.87. The van der Waals surface area contributed by atoms with Crippen LogP contribution in [-0.4, -0.2) is 34.2 Å². The van der Waals surface area contributed by atoms with Crippen molar-refractivity contribution >= 4 is 21.6 Å². The lowest BCUT2D eigenvalue weighted by Crippen LogP contribution is -2.31. The van der Waals surface area contributed by atoms with Crippen LogP contribution in [0, 0.1) is 0 Å². The van der Waals surface area contributed by atoms with Crippen molar-refractivity contribution in [2.24, 2.45) is 0 Å². The van der Waals surface area contributed by atoms with Crippen molar-refractivity contribution in [2.75, 3.05) is 24.7 Å². The molecular formula is C13H18N2O3S. The Labute approximate surface area is 113 Å². The van der Waals surface area contributed by atoms with Crippen LogP contribution in [-0.2, 0) is 27.7 Å². The highest BCUT2D eigenvalue weighted by Gasteiger charge is 2.20. The van der Waals surface area contributed by atoms with Crippen LogP contribution in [0.4, 0.5) is 5.69 Å². The summed E-state index contributed by atoms with van der Waals surface area (Å²) in [5, 5.41) is 0. The molecule has 1 heterocycles. The zero-order valence-electron chi connectivity index (χ0n) is 11.1. The molecule has 1 aliphatic heterocycles. The van der Waals surface area contributed by atoms with Crippen LogP contribution < -0.4 is 9.62 Å². The number of nitrogens with one attached hydrogen (secondary N) is 1. The molecule has 1 N–H and O–H groups in total. The molecule has 6 heteroatoms. The van der Waals surface area contributed by atoms with Crippen LogP contribution in [0.1, 0.15) is 17.5 Å². The summed E-state index contributed by atoms with van der Waals surface area (Å²) in [5.41, 5.74) is 3.19. The summed E-state index contributed by atoms with van der Waals surface area (Å²) in [6.07, 6.45) is 3.10. The highest BCUT2D eigenvalue weighted by atomic mass is 32.2. The van der Waals surface area contributed by atoms with Gasteiger partial charge in [-0.1, -0.05) is 12.1 Å². The summed E-state index contributed by atoms with van der Waals surface area (Å²) in [6, 6.07) is 5.93. The van der Waals surface area contributed by atoms with Gasteiger partial charge in [-0.25, -0.2) is 13.1 Å². The smallest absolute Gasteiger partial charge is 0.227 e. The topological polar surface area (TPSA) is 66.5 Å². The molecule has 104 valence electrons. The lowest BCUT2D eigenvalue weighted by molar-refractivity contribution is -0.118. The highest BCUT2D eigenvalue weighted by Crippen LogP contribution is 2.27. The molecule has 2 rings (SSSR count). The zero-order chi connectivity index (χ0) is 14.0. The third-order valence-electron chi connectivity index (χ3n) is 3.27. The molecule has 0 aliphatic carbocycles. The summed E-state index contributed by atoms with van der Waals surface area (Å²) in [4.78, 5) is 13.3. The second-order valence-corrected chi connectivity index (χ2v) is 6.67. The Morgan fingerprint density at radius 3 is 2.74 bits per heavy atom. The van der Waals surface area contributed by atoms with Crippen molar-refractivity contribution in [3.8, 4) is 0 Å². The van der Waals surface area contributed by atoms with Crippen LogP contribution in [0.5, 0.6) is 0 Å². The summed E-state index contributed by atoms with van der Waals surface area (Å²) in [6.45, 7) is 0.395. The molecule has 5 nitrogen and oxygen atoms in total. The SMILES string of the molecule is CN1C(=O)CCc2cc(CCNS(C)(=O)=O)ccc21. The summed E-state index contributed by atoms with van der Waals surface area (Å²) < 4.78 is 24.4. The van der Waals surface area contributed by atoms with E-state index in [9.17, 15) is 13.2 Å². The van der Waals surface area contributed by atoms with E-state index in [0.717, 1.165) is 29.5 Å². The first-order valence-electron chi connectivity index (χ1n) is 6.20. The monoisotopic (exact) mass is 282 g/mol. The van der Waals surface area contributed by atoms with E-state index in [-0.39, 0.29) is 5.91 Å². The quantitative estimate of drug-likeness (QED) is 0.883. The van der Waals surface area contributed by atoms with Crippen LogP contribution in [0.2, 0.25) is 0 Å². The van der Waals surface area contributed by atoms with E-state index in [1.54, 1.807) is 11.9 Å². The van der Waals surface area contributed by atoms with Gasteiger partial charge in [-0.05, 0) is 30.0 Å². The third-order valence-corrected chi connectivity index (χ3v) is 3.99. The van der Waals surface area contributed by atoms with Gasteiger partial charge >= 0.3 is 0 Å². The Balaban J connectivity index is 2.07. The van der Waals surface area contributed by atoms with E-state index in [0.29, 0.717) is 19.4 Å². The molecule has 0 aromatic heterocycles. The molecule has 0 unspecified atom stereocenters. The molecule has 0 radical (unpaired) electrons. The fourth-order valence-corrected chi connectivity index (χ4v) is 2.72. The fourth-order valence-electron chi connectivity index (χ4n) is 2.25. The lowest BCUT2D eigenvalue weighted by Gasteiger charge is -2.26. The molecule has 1 aliphatic rings. The van der Waals surface area contributed by atoms with E-state index in [1.807, 2.05) is 12.1 Å². The van der Waals surface area contributed by atoms with Crippen molar-refractivity contribution in [2.45, 2.75) is 19.3 Å². The Morgan fingerprint density at radius 1 is 1.32 bits per heavy atom. The van der Waals surface area contributed by atoms with Crippen molar-refractivity contribution in [3.63, 3.8) is 0 Å². The van der Waals surface area contributed by atoms with Crippen molar-refractivity contribution in [3.05, 3.63) is 29.3 Å². The average molecular weight is 282 g/mol. The number of amides is 1. The highest BCUT2D eigenvalue weighted by molar-refractivity contribution is 7.88. The van der Waals surface area contributed by atoms with Gasteiger partial charge in [0.15, 0.2) is 0 Å². The molecular weight excluding hydrogens is 264 g/mol. The summed E-state index contributed by atoms with van der Waals surface area (Å²) in [7, 11) is -1.35. The van der Waals surface area contributed by atoms with Crippen molar-refractivity contribution in [1.29, 1.82) is 0 Å². The second-order valence-electron chi connectivity index (χ2n) is 4.83. The van der Waals surface area contributed by atoms with Crippen LogP contribution in [0.3, 0.4) is 0 Å². The maximum Gasteiger partial charge on any atom is 0.227 e. The Kier molecular flexibility index (Phi) is 3.91. The maximum absolute atomic E-state index is 11.6. The summed E-state index contributed by atoms with van der Waals surface area (Å²) in [5.74, 6) is 0.138. The van der Waals surface area contributed by atoms with Crippen LogP contribution in [0.15, 0.2) is 18.2 Å². The standard InChI is InChI=1S/C13H18N2O3S/c1-15-12-5-3-10(7-8-14-19(2,17)18)9-11(12)4-6-13(15)16/h3,5,9,14H,4,6-8H2,1-2H3. The number of carbonyl (C=O) groups excluding carboxylic acids is 1. The van der Waals surface area contributed by atoms with Crippen molar-refractivity contribution in [1.82, 2.24) is 4.72 Å². The number of hydrogen-bond acceptors (Lipinski definition) is 3. The van der Waals surface area contributed by atoms with Crippen LogP contribution in [0.25, 0.3) is 0 Å². The van der Waals surface area contributed by atoms with E-state index >= 15 is 0 Å². The minimum atomic E-state index is -3.13. The molecule has 0 fully saturated rings. The normalized spacial score (nSPS) is 15.5. The number of rotatable bonds is 4. The largest absolute Gasteiger partial charge is 0.315 e. The molecule has 1 amide bonds. The molecule has 1 aromatic carbocycles. The molecule has 0 saturated heterocycles. The second kappa shape index (κ2) is 5.30. The van der Waals surface area contributed by atoms with Gasteiger partial charge in [-0.15, -0.1) is 0 Å². The molecule has 0 saturated carbocycles. The maximum atomic E-state index is 11.6. The zero-order valence-corrected chi connectivity index (χ0v) is 12.0. The Morgan fingerprint density at radius 2 is 2.05 bits per heavy atom. The van der Waals surface area contributed by atoms with E-state index in [2.05, 4.69) is 10.8 Å². The molecule has 1 aromatic rings. The van der Waals surface area contributed by atoms with Gasteiger partial charge in [0.2, 0.25) is 15.9 Å².